The normalized spacial score (nSPS) is 10.8. The van der Waals surface area contributed by atoms with Crippen LogP contribution in [-0.2, 0) is 0 Å². The van der Waals surface area contributed by atoms with E-state index in [1.165, 1.54) is 0 Å². The number of aromatic amines is 1. The number of ether oxygens (including phenoxy) is 1. The minimum atomic E-state index is 0.288. The van der Waals surface area contributed by atoms with Gasteiger partial charge in [-0.2, -0.15) is 0 Å². The van der Waals surface area contributed by atoms with Gasteiger partial charge in [-0.05, 0) is 18.2 Å². The van der Waals surface area contributed by atoms with Gasteiger partial charge >= 0.3 is 0 Å². The Kier molecular flexibility index (Phi) is 4.22. The van der Waals surface area contributed by atoms with Crippen molar-refractivity contribution in [3.05, 3.63) is 39.8 Å². The highest BCUT2D eigenvalue weighted by molar-refractivity contribution is 7.71. The summed E-state index contributed by atoms with van der Waals surface area (Å²) in [6.07, 6.45) is 0. The zero-order chi connectivity index (χ0) is 14.0. The highest BCUT2D eigenvalue weighted by Crippen LogP contribution is 2.29. The van der Waals surface area contributed by atoms with E-state index in [-0.39, 0.29) is 5.92 Å². The van der Waals surface area contributed by atoms with Gasteiger partial charge in [0.25, 0.3) is 0 Å². The second-order valence-corrected chi connectivity index (χ2v) is 5.35. The van der Waals surface area contributed by atoms with Gasteiger partial charge in [0.2, 0.25) is 0 Å². The van der Waals surface area contributed by atoms with Crippen LogP contribution >= 0.6 is 23.8 Å². The second kappa shape index (κ2) is 5.72. The molecule has 100 valence electrons. The Bertz CT molecular complexity index is 652. The van der Waals surface area contributed by atoms with Gasteiger partial charge in [-0.15, -0.1) is 0 Å². The van der Waals surface area contributed by atoms with Crippen molar-refractivity contribution in [1.82, 2.24) is 9.97 Å². The van der Waals surface area contributed by atoms with Gasteiger partial charge in [-0.1, -0.05) is 43.7 Å². The number of benzene rings is 1. The molecule has 2 aromatic rings. The molecule has 0 fully saturated rings. The molecule has 0 saturated heterocycles. The quantitative estimate of drug-likeness (QED) is 0.841. The molecule has 0 amide bonds. The molecule has 5 heteroatoms. The Morgan fingerprint density at radius 2 is 2.05 bits per heavy atom. The average Bonchev–Trinajstić information content (AvgIpc) is 2.38. The van der Waals surface area contributed by atoms with Crippen LogP contribution in [0.15, 0.2) is 24.3 Å². The summed E-state index contributed by atoms with van der Waals surface area (Å²) in [6.45, 7) is 4.14. The summed E-state index contributed by atoms with van der Waals surface area (Å²) in [6, 6.07) is 7.45. The Hall–Kier alpha value is -1.39. The van der Waals surface area contributed by atoms with Crippen molar-refractivity contribution in [2.75, 3.05) is 7.11 Å². The second-order valence-electron chi connectivity index (χ2n) is 4.52. The zero-order valence-electron chi connectivity index (χ0n) is 11.0. The molecule has 1 N–H and O–H groups in total. The molecule has 1 aromatic carbocycles. The van der Waals surface area contributed by atoms with Crippen molar-refractivity contribution >= 4 is 23.8 Å². The molecule has 2 rings (SSSR count). The lowest BCUT2D eigenvalue weighted by atomic mass is 10.1. The molecule has 0 radical (unpaired) electrons. The number of halogens is 1. The predicted molar refractivity (Wildman–Crippen MR) is 80.5 cm³/mol. The van der Waals surface area contributed by atoms with E-state index >= 15 is 0 Å². The third-order valence-corrected chi connectivity index (χ3v) is 3.29. The zero-order valence-corrected chi connectivity index (χ0v) is 12.6. The Labute approximate surface area is 122 Å². The fourth-order valence-corrected chi connectivity index (χ4v) is 2.14. The fraction of sp³-hybridized carbons (Fsp3) is 0.286. The molecule has 0 aliphatic carbocycles. The van der Waals surface area contributed by atoms with Crippen LogP contribution in [0.5, 0.6) is 5.75 Å². The van der Waals surface area contributed by atoms with Crippen molar-refractivity contribution in [2.24, 2.45) is 0 Å². The van der Waals surface area contributed by atoms with E-state index in [0.29, 0.717) is 15.4 Å². The first-order valence-electron chi connectivity index (χ1n) is 5.96. The third kappa shape index (κ3) is 3.14. The summed E-state index contributed by atoms with van der Waals surface area (Å²) in [5, 5.41) is 0.586. The number of H-pyrrole nitrogens is 1. The molecule has 0 aliphatic heterocycles. The third-order valence-electron chi connectivity index (χ3n) is 2.77. The van der Waals surface area contributed by atoms with Crippen LogP contribution in [0.1, 0.15) is 25.6 Å². The largest absolute Gasteiger partial charge is 0.495 e. The van der Waals surface area contributed by atoms with Crippen molar-refractivity contribution < 1.29 is 4.74 Å². The number of rotatable bonds is 3. The van der Waals surface area contributed by atoms with E-state index in [1.54, 1.807) is 7.11 Å². The summed E-state index contributed by atoms with van der Waals surface area (Å²) >= 11 is 11.2. The molecule has 0 aliphatic rings. The van der Waals surface area contributed by atoms with Crippen LogP contribution in [0.2, 0.25) is 5.02 Å². The van der Waals surface area contributed by atoms with Crippen molar-refractivity contribution in [3.8, 4) is 17.0 Å². The Morgan fingerprint density at radius 3 is 2.68 bits per heavy atom. The van der Waals surface area contributed by atoms with E-state index in [0.717, 1.165) is 17.1 Å². The lowest BCUT2D eigenvalue weighted by Crippen LogP contribution is -1.99. The van der Waals surface area contributed by atoms with Gasteiger partial charge in [0.15, 0.2) is 0 Å². The van der Waals surface area contributed by atoms with Crippen molar-refractivity contribution in [2.45, 2.75) is 19.8 Å². The number of hydrogen-bond acceptors (Lipinski definition) is 3. The van der Waals surface area contributed by atoms with E-state index in [9.17, 15) is 0 Å². The van der Waals surface area contributed by atoms with Gasteiger partial charge in [0.1, 0.15) is 16.2 Å². The lowest BCUT2D eigenvalue weighted by Gasteiger charge is -2.10. The highest BCUT2D eigenvalue weighted by atomic mass is 35.5. The summed E-state index contributed by atoms with van der Waals surface area (Å²) in [7, 11) is 1.60. The fourth-order valence-electron chi connectivity index (χ4n) is 1.73. The molecule has 1 heterocycles. The lowest BCUT2D eigenvalue weighted by molar-refractivity contribution is 0.415. The smallest absolute Gasteiger partial charge is 0.138 e. The van der Waals surface area contributed by atoms with Gasteiger partial charge < -0.3 is 9.72 Å². The standard InChI is InChI=1S/C14H15ClN2OS/c1-8(2)14-16-11(7-13(19)17-14)9-4-5-10(15)12(6-9)18-3/h4-8H,1-3H3,(H,16,17,19). The van der Waals surface area contributed by atoms with Crippen LogP contribution in [-0.4, -0.2) is 17.1 Å². The molecule has 0 saturated carbocycles. The molecule has 0 atom stereocenters. The summed E-state index contributed by atoms with van der Waals surface area (Å²) in [4.78, 5) is 7.62. The first-order valence-corrected chi connectivity index (χ1v) is 6.75. The number of nitrogens with one attached hydrogen (secondary N) is 1. The first kappa shape index (κ1) is 14.0. The molecule has 3 nitrogen and oxygen atoms in total. The number of aromatic nitrogens is 2. The van der Waals surface area contributed by atoms with Crippen molar-refractivity contribution in [1.29, 1.82) is 0 Å². The minimum Gasteiger partial charge on any atom is -0.495 e. The van der Waals surface area contributed by atoms with Gasteiger partial charge in [-0.25, -0.2) is 4.98 Å². The predicted octanol–water partition coefficient (Wildman–Crippen LogP) is 4.59. The number of hydrogen-bond donors (Lipinski definition) is 1. The molecular weight excluding hydrogens is 280 g/mol. The highest BCUT2D eigenvalue weighted by Gasteiger charge is 2.08. The Balaban J connectivity index is 2.55. The van der Waals surface area contributed by atoms with Crippen LogP contribution in [0.4, 0.5) is 0 Å². The maximum absolute atomic E-state index is 6.03. The van der Waals surface area contributed by atoms with E-state index in [2.05, 4.69) is 23.8 Å². The molecule has 0 unspecified atom stereocenters. The first-order chi connectivity index (χ1) is 9.01. The van der Waals surface area contributed by atoms with Crippen LogP contribution < -0.4 is 4.74 Å². The van der Waals surface area contributed by atoms with Crippen LogP contribution in [0, 0.1) is 4.64 Å². The maximum atomic E-state index is 6.03. The number of methoxy groups -OCH3 is 1. The summed E-state index contributed by atoms with van der Waals surface area (Å²) in [5.41, 5.74) is 1.88. The summed E-state index contributed by atoms with van der Waals surface area (Å²) in [5.74, 6) is 1.80. The van der Waals surface area contributed by atoms with Crippen molar-refractivity contribution in [3.63, 3.8) is 0 Å². The average molecular weight is 295 g/mol. The Morgan fingerprint density at radius 1 is 1.32 bits per heavy atom. The van der Waals surface area contributed by atoms with E-state index in [4.69, 9.17) is 28.6 Å². The summed E-state index contributed by atoms with van der Waals surface area (Å²) < 4.78 is 5.80. The SMILES string of the molecule is COc1cc(-c2cc(=S)nc(C(C)C)[nH]2)ccc1Cl. The molecule has 0 bridgehead atoms. The molecular formula is C14H15ClN2OS. The maximum Gasteiger partial charge on any atom is 0.138 e. The van der Waals surface area contributed by atoms with Crippen LogP contribution in [0.3, 0.4) is 0 Å². The van der Waals surface area contributed by atoms with Gasteiger partial charge in [-0.3, -0.25) is 0 Å². The van der Waals surface area contributed by atoms with E-state index < -0.39 is 0 Å². The molecule has 0 spiro atoms. The van der Waals surface area contributed by atoms with E-state index in [1.807, 2.05) is 24.3 Å². The molecule has 1 aromatic heterocycles. The van der Waals surface area contributed by atoms with Crippen LogP contribution in [0.25, 0.3) is 11.3 Å². The monoisotopic (exact) mass is 294 g/mol. The number of nitrogens with zero attached hydrogens (tertiary/aromatic N) is 1. The van der Waals surface area contributed by atoms with Gasteiger partial charge in [0, 0.05) is 17.2 Å². The van der Waals surface area contributed by atoms with Gasteiger partial charge in [0.05, 0.1) is 12.1 Å². The molecule has 19 heavy (non-hydrogen) atoms. The minimum absolute atomic E-state index is 0.288. The topological polar surface area (TPSA) is 37.9 Å².